The molecule has 6 rings (SSSR count). The Hall–Kier alpha value is -5.01. The molecule has 7 heteroatoms. The Bertz CT molecular complexity index is 1710. The van der Waals surface area contributed by atoms with Gasteiger partial charge in [0.1, 0.15) is 18.5 Å². The number of aromatic nitrogens is 1. The van der Waals surface area contributed by atoms with E-state index >= 15 is 0 Å². The van der Waals surface area contributed by atoms with Crippen molar-refractivity contribution in [2.24, 2.45) is 0 Å². The van der Waals surface area contributed by atoms with Crippen molar-refractivity contribution in [3.8, 4) is 17.0 Å². The van der Waals surface area contributed by atoms with Gasteiger partial charge in [-0.15, -0.1) is 0 Å². The summed E-state index contributed by atoms with van der Waals surface area (Å²) < 4.78 is 6.52. The molecule has 0 aliphatic carbocycles. The second kappa shape index (κ2) is 12.9. The number of pyridine rings is 1. The van der Waals surface area contributed by atoms with Crippen molar-refractivity contribution in [1.82, 2.24) is 20.5 Å². The fourth-order valence-corrected chi connectivity index (χ4v) is 5.66. The van der Waals surface area contributed by atoms with Gasteiger partial charge in [-0.25, -0.2) is 4.98 Å². The number of rotatable bonds is 10. The lowest BCUT2D eigenvalue weighted by Crippen LogP contribution is -2.34. The van der Waals surface area contributed by atoms with E-state index in [1.54, 1.807) is 4.90 Å². The molecule has 0 unspecified atom stereocenters. The predicted molar refractivity (Wildman–Crippen MR) is 169 cm³/mol. The third-order valence-corrected chi connectivity index (χ3v) is 7.81. The zero-order chi connectivity index (χ0) is 29.6. The van der Waals surface area contributed by atoms with Crippen LogP contribution in [0.2, 0.25) is 0 Å². The second-order valence-corrected chi connectivity index (χ2v) is 10.5. The first-order valence-electron chi connectivity index (χ1n) is 14.7. The van der Waals surface area contributed by atoms with E-state index in [4.69, 9.17) is 9.72 Å². The molecule has 2 heterocycles. The van der Waals surface area contributed by atoms with E-state index < -0.39 is 0 Å². The summed E-state index contributed by atoms with van der Waals surface area (Å²) in [4.78, 5) is 33.8. The van der Waals surface area contributed by atoms with Gasteiger partial charge in [-0.05, 0) is 23.6 Å². The highest BCUT2D eigenvalue weighted by molar-refractivity contribution is 6.10. The van der Waals surface area contributed by atoms with Crippen molar-refractivity contribution in [3.05, 3.63) is 132 Å². The van der Waals surface area contributed by atoms with Crippen molar-refractivity contribution in [1.29, 1.82) is 0 Å². The second-order valence-electron chi connectivity index (χ2n) is 10.5. The maximum Gasteiger partial charge on any atom is 0.256 e. The van der Waals surface area contributed by atoms with E-state index in [9.17, 15) is 9.59 Å². The van der Waals surface area contributed by atoms with Crippen LogP contribution in [-0.2, 0) is 4.79 Å². The molecule has 2 amide bonds. The van der Waals surface area contributed by atoms with Gasteiger partial charge in [0, 0.05) is 10.9 Å². The average molecular weight is 571 g/mol. The normalized spacial score (nSPS) is 15.4. The molecule has 0 spiro atoms. The molecule has 1 aliphatic rings. The summed E-state index contributed by atoms with van der Waals surface area (Å²) in [6.45, 7) is 2.85. The Labute approximate surface area is 251 Å². The van der Waals surface area contributed by atoms with Crippen LogP contribution in [0.25, 0.3) is 22.2 Å². The van der Waals surface area contributed by atoms with Crippen molar-refractivity contribution in [2.45, 2.75) is 25.6 Å². The van der Waals surface area contributed by atoms with Gasteiger partial charge in [-0.2, -0.15) is 0 Å². The molecule has 4 aromatic carbocycles. The number of nitrogens with one attached hydrogen (secondary N) is 2. The first-order valence-corrected chi connectivity index (χ1v) is 14.7. The average Bonchev–Trinajstić information content (AvgIpc) is 3.44. The maximum atomic E-state index is 14.2. The SMILES string of the molecule is CC[C@H](NC(=O)c1c(OCCN2C(=O)CN[C@H]2c2ccccc2)c(-c2ccccc2)nc2ccccc12)c1ccccc1. The minimum absolute atomic E-state index is 0.00369. The van der Waals surface area contributed by atoms with Crippen LogP contribution in [0.4, 0.5) is 0 Å². The number of amides is 2. The molecule has 1 fully saturated rings. The van der Waals surface area contributed by atoms with Crippen LogP contribution in [0.1, 0.15) is 47.0 Å². The molecular formula is C36H34N4O3. The fourth-order valence-electron chi connectivity index (χ4n) is 5.66. The number of hydrogen-bond acceptors (Lipinski definition) is 5. The van der Waals surface area contributed by atoms with Crippen molar-refractivity contribution < 1.29 is 14.3 Å². The summed E-state index contributed by atoms with van der Waals surface area (Å²) in [6, 6.07) is 37.1. The molecule has 1 aliphatic heterocycles. The van der Waals surface area contributed by atoms with Crippen LogP contribution in [-0.4, -0.2) is 41.4 Å². The standard InChI is InChI=1S/C36H34N4O3/c1-2-29(25-14-6-3-7-15-25)39-36(42)32-28-20-12-13-21-30(28)38-33(26-16-8-4-9-17-26)34(32)43-23-22-40-31(41)24-37-35(40)27-18-10-5-11-19-27/h3-21,29,35,37H,2,22-24H2,1H3,(H,39,42)/t29-,35+/m0/s1. The van der Waals surface area contributed by atoms with Gasteiger partial charge in [-0.3, -0.25) is 14.9 Å². The van der Waals surface area contributed by atoms with Crippen LogP contribution >= 0.6 is 0 Å². The maximum absolute atomic E-state index is 14.2. The third kappa shape index (κ3) is 5.98. The monoisotopic (exact) mass is 570 g/mol. The summed E-state index contributed by atoms with van der Waals surface area (Å²) in [6.07, 6.45) is 0.491. The Balaban J connectivity index is 1.38. The van der Waals surface area contributed by atoms with Gasteiger partial charge in [0.05, 0.1) is 30.2 Å². The van der Waals surface area contributed by atoms with Gasteiger partial charge in [-0.1, -0.05) is 116 Å². The number of carbonyl (C=O) groups is 2. The molecule has 0 radical (unpaired) electrons. The number of fused-ring (bicyclic) bond motifs is 1. The minimum atomic E-state index is -0.237. The van der Waals surface area contributed by atoms with E-state index in [1.807, 2.05) is 115 Å². The number of nitrogens with zero attached hydrogens (tertiary/aromatic N) is 2. The Morgan fingerprint density at radius 3 is 2.30 bits per heavy atom. The van der Waals surface area contributed by atoms with Crippen LogP contribution in [0.5, 0.6) is 5.75 Å². The zero-order valence-corrected chi connectivity index (χ0v) is 24.1. The fraction of sp³-hybridized carbons (Fsp3) is 0.194. The lowest BCUT2D eigenvalue weighted by Gasteiger charge is -2.26. The van der Waals surface area contributed by atoms with Crippen LogP contribution in [0.3, 0.4) is 0 Å². The van der Waals surface area contributed by atoms with E-state index in [1.165, 1.54) is 0 Å². The summed E-state index contributed by atoms with van der Waals surface area (Å²) in [5.74, 6) is 0.174. The smallest absolute Gasteiger partial charge is 0.256 e. The Kier molecular flexibility index (Phi) is 8.42. The van der Waals surface area contributed by atoms with Crippen molar-refractivity contribution >= 4 is 22.7 Å². The lowest BCUT2D eigenvalue weighted by molar-refractivity contribution is -0.128. The molecule has 0 bridgehead atoms. The predicted octanol–water partition coefficient (Wildman–Crippen LogP) is 6.29. The highest BCUT2D eigenvalue weighted by Crippen LogP contribution is 2.37. The van der Waals surface area contributed by atoms with Crippen molar-refractivity contribution in [3.63, 3.8) is 0 Å². The van der Waals surface area contributed by atoms with Crippen molar-refractivity contribution in [2.75, 3.05) is 19.7 Å². The number of para-hydroxylation sites is 1. The van der Waals surface area contributed by atoms with E-state index in [0.29, 0.717) is 34.5 Å². The highest BCUT2D eigenvalue weighted by atomic mass is 16.5. The van der Waals surface area contributed by atoms with Crippen LogP contribution in [0, 0.1) is 0 Å². The number of carbonyl (C=O) groups excluding carboxylic acids is 2. The van der Waals surface area contributed by atoms with Crippen LogP contribution < -0.4 is 15.4 Å². The zero-order valence-electron chi connectivity index (χ0n) is 24.1. The number of ether oxygens (including phenoxy) is 1. The minimum Gasteiger partial charge on any atom is -0.489 e. The molecule has 216 valence electrons. The molecule has 2 atom stereocenters. The van der Waals surface area contributed by atoms with Gasteiger partial charge in [0.15, 0.2) is 5.75 Å². The first-order chi connectivity index (χ1) is 21.1. The molecule has 1 aromatic heterocycles. The third-order valence-electron chi connectivity index (χ3n) is 7.81. The Morgan fingerprint density at radius 2 is 1.58 bits per heavy atom. The quantitative estimate of drug-likeness (QED) is 0.206. The summed E-state index contributed by atoms with van der Waals surface area (Å²) >= 11 is 0. The summed E-state index contributed by atoms with van der Waals surface area (Å²) in [5.41, 5.74) is 4.61. The Morgan fingerprint density at radius 1 is 0.930 bits per heavy atom. The topological polar surface area (TPSA) is 83.6 Å². The van der Waals surface area contributed by atoms with Gasteiger partial charge in [0.2, 0.25) is 5.91 Å². The lowest BCUT2D eigenvalue weighted by atomic mass is 10.00. The number of benzene rings is 4. The molecule has 5 aromatic rings. The largest absolute Gasteiger partial charge is 0.489 e. The van der Waals surface area contributed by atoms with Gasteiger partial charge in [0.25, 0.3) is 5.91 Å². The van der Waals surface area contributed by atoms with E-state index in [2.05, 4.69) is 17.6 Å². The highest BCUT2D eigenvalue weighted by Gasteiger charge is 2.32. The molecular weight excluding hydrogens is 536 g/mol. The first kappa shape index (κ1) is 28.1. The summed E-state index contributed by atoms with van der Waals surface area (Å²) in [5, 5.41) is 7.26. The van der Waals surface area contributed by atoms with Crippen LogP contribution in [0.15, 0.2) is 115 Å². The molecule has 1 saturated heterocycles. The van der Waals surface area contributed by atoms with Gasteiger partial charge < -0.3 is 15.0 Å². The van der Waals surface area contributed by atoms with E-state index in [0.717, 1.165) is 23.1 Å². The molecule has 7 nitrogen and oxygen atoms in total. The molecule has 43 heavy (non-hydrogen) atoms. The molecule has 0 saturated carbocycles. The van der Waals surface area contributed by atoms with E-state index in [-0.39, 0.29) is 37.2 Å². The molecule has 2 N–H and O–H groups in total. The number of hydrogen-bond donors (Lipinski definition) is 2. The van der Waals surface area contributed by atoms with Gasteiger partial charge >= 0.3 is 0 Å². The summed E-state index contributed by atoms with van der Waals surface area (Å²) in [7, 11) is 0.